The number of hydrogen-bond acceptors (Lipinski definition) is 5. The highest BCUT2D eigenvalue weighted by molar-refractivity contribution is 7.86. The maximum absolute atomic E-state index is 14.3. The third kappa shape index (κ3) is 5.22. The predicted molar refractivity (Wildman–Crippen MR) is 131 cm³/mol. The average molecular weight is 564 g/mol. The fourth-order valence-electron chi connectivity index (χ4n) is 4.09. The number of nitrogens with zero attached hydrogens (tertiary/aromatic N) is 5. The molecular weight excluding hydrogens is 541 g/mol. The van der Waals surface area contributed by atoms with E-state index in [-0.39, 0.29) is 29.5 Å². The zero-order valence-corrected chi connectivity index (χ0v) is 21.3. The number of benzene rings is 1. The summed E-state index contributed by atoms with van der Waals surface area (Å²) in [5.74, 6) is -5.13. The van der Waals surface area contributed by atoms with Gasteiger partial charge in [-0.1, -0.05) is 35.9 Å². The van der Waals surface area contributed by atoms with Crippen LogP contribution in [0.1, 0.15) is 30.3 Å². The Kier molecular flexibility index (Phi) is 7.36. The molecule has 2 aromatic rings. The first-order valence-corrected chi connectivity index (χ1v) is 12.9. The molecule has 3 heterocycles. The van der Waals surface area contributed by atoms with Crippen LogP contribution in [0, 0.1) is 0 Å². The molecule has 1 aromatic carbocycles. The van der Waals surface area contributed by atoms with Gasteiger partial charge in [0.1, 0.15) is 11.8 Å². The van der Waals surface area contributed by atoms with Gasteiger partial charge in [0.2, 0.25) is 0 Å². The van der Waals surface area contributed by atoms with Crippen LogP contribution in [0.2, 0.25) is 5.02 Å². The van der Waals surface area contributed by atoms with Crippen LogP contribution in [0.5, 0.6) is 0 Å². The van der Waals surface area contributed by atoms with Crippen molar-refractivity contribution >= 4 is 38.8 Å². The molecule has 0 fully saturated rings. The van der Waals surface area contributed by atoms with E-state index in [4.69, 9.17) is 11.6 Å². The zero-order valence-electron chi connectivity index (χ0n) is 19.8. The topological polar surface area (TPSA) is 69.1 Å². The Balaban J connectivity index is 1.68. The molecule has 200 valence electrons. The lowest BCUT2D eigenvalue weighted by atomic mass is 10.0. The van der Waals surface area contributed by atoms with E-state index in [1.807, 2.05) is 0 Å². The summed E-state index contributed by atoms with van der Waals surface area (Å²) in [6.07, 6.45) is -4.48. The standard InChI is InChI=1S/C23H23ClF5N5O2S/c1-32(2)37(35,36)33-12-10-15(11-13-33)17-7-5-8-18(30-17)20-14-21(22(25,26)23(27,28)29)31-34(20)19-9-4-3-6-16(19)24/h3-10,20H,11-14H2,1-2H3. The maximum Gasteiger partial charge on any atom is 0.459 e. The number of hydrazone groups is 1. The Morgan fingerprint density at radius 3 is 2.35 bits per heavy atom. The minimum Gasteiger partial charge on any atom is -0.254 e. The lowest BCUT2D eigenvalue weighted by molar-refractivity contribution is -0.249. The van der Waals surface area contributed by atoms with Gasteiger partial charge in [0.15, 0.2) is 0 Å². The fraction of sp³-hybridized carbons (Fsp3) is 0.391. The summed E-state index contributed by atoms with van der Waals surface area (Å²) in [5, 5.41) is 4.85. The molecule has 1 aromatic heterocycles. The monoisotopic (exact) mass is 563 g/mol. The average Bonchev–Trinajstić information content (AvgIpc) is 3.30. The van der Waals surface area contributed by atoms with Gasteiger partial charge in [-0.3, -0.25) is 9.99 Å². The zero-order chi connectivity index (χ0) is 27.2. The molecule has 0 bridgehead atoms. The molecule has 0 amide bonds. The number of anilines is 1. The summed E-state index contributed by atoms with van der Waals surface area (Å²) in [7, 11) is -0.726. The second-order valence-corrected chi connectivity index (χ2v) is 11.3. The van der Waals surface area contributed by atoms with Gasteiger partial charge in [-0.15, -0.1) is 0 Å². The van der Waals surface area contributed by atoms with E-state index in [2.05, 4.69) is 10.1 Å². The van der Waals surface area contributed by atoms with E-state index in [1.165, 1.54) is 36.6 Å². The van der Waals surface area contributed by atoms with Gasteiger partial charge in [0.05, 0.1) is 22.1 Å². The van der Waals surface area contributed by atoms with E-state index < -0.39 is 40.5 Å². The van der Waals surface area contributed by atoms with Crippen LogP contribution in [-0.4, -0.2) is 67.0 Å². The first-order valence-electron chi connectivity index (χ1n) is 11.1. The molecule has 0 N–H and O–H groups in total. The highest BCUT2D eigenvalue weighted by Gasteiger charge is 2.63. The molecule has 0 spiro atoms. The highest BCUT2D eigenvalue weighted by atomic mass is 35.5. The molecule has 7 nitrogen and oxygen atoms in total. The lowest BCUT2D eigenvalue weighted by Gasteiger charge is -2.28. The molecule has 1 atom stereocenters. The fourth-order valence-corrected chi connectivity index (χ4v) is 5.36. The molecule has 0 aliphatic carbocycles. The molecular formula is C23H23ClF5N5O2S. The van der Waals surface area contributed by atoms with Crippen molar-refractivity contribution < 1.29 is 30.4 Å². The summed E-state index contributed by atoms with van der Waals surface area (Å²) in [6.45, 7) is 0.320. The molecule has 2 aliphatic rings. The van der Waals surface area contributed by atoms with Crippen molar-refractivity contribution in [1.29, 1.82) is 0 Å². The van der Waals surface area contributed by atoms with Gasteiger partial charge in [-0.2, -0.15) is 44.1 Å². The van der Waals surface area contributed by atoms with E-state index in [0.29, 0.717) is 12.1 Å². The van der Waals surface area contributed by atoms with Gasteiger partial charge in [-0.05, 0) is 36.3 Å². The molecule has 4 rings (SSSR count). The quantitative estimate of drug-likeness (QED) is 0.457. The Morgan fingerprint density at radius 2 is 1.76 bits per heavy atom. The molecule has 0 saturated heterocycles. The number of pyridine rings is 1. The Labute approximate surface area is 216 Å². The SMILES string of the molecule is CN(C)S(=O)(=O)N1CC=C(c2cccc(C3CC(C(F)(F)C(F)(F)F)=NN3c3ccccc3Cl)n2)CC1. The lowest BCUT2D eigenvalue weighted by Crippen LogP contribution is -2.43. The van der Waals surface area contributed by atoms with Gasteiger partial charge < -0.3 is 0 Å². The van der Waals surface area contributed by atoms with Crippen LogP contribution in [-0.2, 0) is 10.2 Å². The molecule has 37 heavy (non-hydrogen) atoms. The van der Waals surface area contributed by atoms with Crippen LogP contribution in [0.4, 0.5) is 27.6 Å². The molecule has 14 heteroatoms. The minimum absolute atomic E-state index is 0.113. The van der Waals surface area contributed by atoms with Crippen molar-refractivity contribution in [1.82, 2.24) is 13.6 Å². The summed E-state index contributed by atoms with van der Waals surface area (Å²) >= 11 is 6.23. The van der Waals surface area contributed by atoms with Gasteiger partial charge in [-0.25, -0.2) is 0 Å². The number of aromatic nitrogens is 1. The van der Waals surface area contributed by atoms with Crippen molar-refractivity contribution in [2.45, 2.75) is 31.0 Å². The van der Waals surface area contributed by atoms with Gasteiger partial charge in [0, 0.05) is 33.6 Å². The largest absolute Gasteiger partial charge is 0.459 e. The van der Waals surface area contributed by atoms with E-state index in [9.17, 15) is 30.4 Å². The Hall–Kier alpha value is -2.61. The molecule has 0 radical (unpaired) electrons. The maximum atomic E-state index is 14.3. The van der Waals surface area contributed by atoms with Crippen LogP contribution < -0.4 is 5.01 Å². The molecule has 1 unspecified atom stereocenters. The third-order valence-corrected chi connectivity index (χ3v) is 8.36. The molecule has 0 saturated carbocycles. The summed E-state index contributed by atoms with van der Waals surface area (Å²) < 4.78 is 95.1. The van der Waals surface area contributed by atoms with Crippen LogP contribution in [0.3, 0.4) is 0 Å². The second kappa shape index (κ2) is 9.93. The summed E-state index contributed by atoms with van der Waals surface area (Å²) in [5.41, 5.74) is 0.248. The molecule has 2 aliphatic heterocycles. The van der Waals surface area contributed by atoms with Crippen LogP contribution >= 0.6 is 11.6 Å². The van der Waals surface area contributed by atoms with Crippen molar-refractivity contribution in [3.05, 3.63) is 65.0 Å². The second-order valence-electron chi connectivity index (χ2n) is 8.71. The first kappa shape index (κ1) is 27.4. The van der Waals surface area contributed by atoms with Crippen LogP contribution in [0.15, 0.2) is 53.6 Å². The van der Waals surface area contributed by atoms with Crippen molar-refractivity contribution in [3.63, 3.8) is 0 Å². The Bertz CT molecular complexity index is 1350. The van der Waals surface area contributed by atoms with Crippen molar-refractivity contribution in [2.24, 2.45) is 5.10 Å². The number of halogens is 6. The number of alkyl halides is 5. The summed E-state index contributed by atoms with van der Waals surface area (Å²) in [6, 6.07) is 9.86. The first-order chi connectivity index (χ1) is 17.2. The normalized spacial score (nSPS) is 19.8. The highest BCUT2D eigenvalue weighted by Crippen LogP contribution is 2.45. The van der Waals surface area contributed by atoms with Crippen molar-refractivity contribution in [2.75, 3.05) is 32.2 Å². The number of hydrogen-bond donors (Lipinski definition) is 0. The van der Waals surface area contributed by atoms with Gasteiger partial charge in [0.25, 0.3) is 10.2 Å². The number of rotatable bonds is 6. The van der Waals surface area contributed by atoms with Crippen LogP contribution in [0.25, 0.3) is 5.57 Å². The van der Waals surface area contributed by atoms with Crippen molar-refractivity contribution in [3.8, 4) is 0 Å². The summed E-state index contributed by atoms with van der Waals surface area (Å²) in [4.78, 5) is 4.55. The van der Waals surface area contributed by atoms with E-state index in [1.54, 1.807) is 30.3 Å². The third-order valence-electron chi connectivity index (χ3n) is 6.13. The predicted octanol–water partition coefficient (Wildman–Crippen LogP) is 5.14. The smallest absolute Gasteiger partial charge is 0.254 e. The van der Waals surface area contributed by atoms with E-state index >= 15 is 0 Å². The van der Waals surface area contributed by atoms with Gasteiger partial charge >= 0.3 is 12.1 Å². The minimum atomic E-state index is -5.81. The number of para-hydroxylation sites is 1. The Morgan fingerprint density at radius 1 is 1.05 bits per heavy atom. The van der Waals surface area contributed by atoms with E-state index in [0.717, 1.165) is 14.9 Å².